The lowest BCUT2D eigenvalue weighted by atomic mass is 9.83. The average Bonchev–Trinajstić information content (AvgIpc) is 1.80. The molecule has 0 unspecified atom stereocenters. The van der Waals surface area contributed by atoms with Gasteiger partial charge in [-0.1, -0.05) is 6.42 Å². The van der Waals surface area contributed by atoms with Crippen molar-refractivity contribution in [1.82, 2.24) is 5.32 Å². The maximum absolute atomic E-state index is 5.68. The molecular formula is C9H18N2. The van der Waals surface area contributed by atoms with Crippen molar-refractivity contribution in [2.75, 3.05) is 6.54 Å². The highest BCUT2D eigenvalue weighted by Gasteiger charge is 2.26. The van der Waals surface area contributed by atoms with Gasteiger partial charge in [-0.2, -0.15) is 0 Å². The summed E-state index contributed by atoms with van der Waals surface area (Å²) in [5.41, 5.74) is 5.68. The second kappa shape index (κ2) is 3.11. The van der Waals surface area contributed by atoms with E-state index in [1.807, 2.05) is 0 Å². The Morgan fingerprint density at radius 2 is 2.00 bits per heavy atom. The largest absolute Gasteiger partial charge is 0.328 e. The summed E-state index contributed by atoms with van der Waals surface area (Å²) < 4.78 is 0. The number of hydrogen-bond acceptors (Lipinski definition) is 2. The van der Waals surface area contributed by atoms with Crippen LogP contribution in [0.15, 0.2) is 0 Å². The van der Waals surface area contributed by atoms with Crippen LogP contribution < -0.4 is 11.1 Å². The van der Waals surface area contributed by atoms with Gasteiger partial charge >= 0.3 is 0 Å². The molecule has 0 amide bonds. The number of nitrogens with one attached hydrogen (secondary N) is 1. The summed E-state index contributed by atoms with van der Waals surface area (Å²) in [5, 5.41) is 3.57. The number of rotatable bonds is 3. The molecule has 2 aliphatic rings. The van der Waals surface area contributed by atoms with E-state index in [9.17, 15) is 0 Å². The van der Waals surface area contributed by atoms with Crippen molar-refractivity contribution in [2.24, 2.45) is 11.7 Å². The normalized spacial score (nSPS) is 37.9. The summed E-state index contributed by atoms with van der Waals surface area (Å²) >= 11 is 0. The second-order valence-electron chi connectivity index (χ2n) is 4.13. The first-order valence-electron chi connectivity index (χ1n) is 4.83. The van der Waals surface area contributed by atoms with E-state index in [1.165, 1.54) is 38.6 Å². The minimum Gasteiger partial charge on any atom is -0.328 e. The van der Waals surface area contributed by atoms with Gasteiger partial charge < -0.3 is 11.1 Å². The summed E-state index contributed by atoms with van der Waals surface area (Å²) in [6.45, 7) is 1.25. The molecule has 64 valence electrons. The van der Waals surface area contributed by atoms with E-state index in [-0.39, 0.29) is 0 Å². The van der Waals surface area contributed by atoms with Gasteiger partial charge in [-0.05, 0) is 38.1 Å². The molecule has 2 saturated carbocycles. The predicted molar refractivity (Wildman–Crippen MR) is 46.3 cm³/mol. The van der Waals surface area contributed by atoms with Gasteiger partial charge in [0.2, 0.25) is 0 Å². The number of nitrogens with two attached hydrogens (primary N) is 1. The quantitative estimate of drug-likeness (QED) is 0.633. The van der Waals surface area contributed by atoms with E-state index in [1.54, 1.807) is 0 Å². The Bertz CT molecular complexity index is 126. The van der Waals surface area contributed by atoms with Gasteiger partial charge in [0.15, 0.2) is 0 Å². The monoisotopic (exact) mass is 154 g/mol. The Kier molecular flexibility index (Phi) is 2.14. The second-order valence-corrected chi connectivity index (χ2v) is 4.13. The molecule has 0 aliphatic heterocycles. The van der Waals surface area contributed by atoms with Crippen molar-refractivity contribution in [3.63, 3.8) is 0 Å². The fourth-order valence-electron chi connectivity index (χ4n) is 1.86. The van der Waals surface area contributed by atoms with Gasteiger partial charge in [0.05, 0.1) is 0 Å². The van der Waals surface area contributed by atoms with Crippen LogP contribution in [0.25, 0.3) is 0 Å². The van der Waals surface area contributed by atoms with Crippen molar-refractivity contribution in [3.05, 3.63) is 0 Å². The highest BCUT2D eigenvalue weighted by molar-refractivity contribution is 4.88. The molecule has 0 aromatic rings. The highest BCUT2D eigenvalue weighted by atomic mass is 15.0. The van der Waals surface area contributed by atoms with E-state index in [0.717, 1.165) is 12.0 Å². The first-order chi connectivity index (χ1) is 5.34. The van der Waals surface area contributed by atoms with Crippen LogP contribution in [0.2, 0.25) is 0 Å². The zero-order valence-electron chi connectivity index (χ0n) is 7.05. The third-order valence-corrected chi connectivity index (χ3v) is 3.09. The maximum atomic E-state index is 5.68. The van der Waals surface area contributed by atoms with Crippen molar-refractivity contribution >= 4 is 0 Å². The van der Waals surface area contributed by atoms with Gasteiger partial charge in [0.25, 0.3) is 0 Å². The number of hydrogen-bond donors (Lipinski definition) is 2. The van der Waals surface area contributed by atoms with E-state index in [0.29, 0.717) is 6.04 Å². The van der Waals surface area contributed by atoms with E-state index in [2.05, 4.69) is 5.32 Å². The maximum Gasteiger partial charge on any atom is 0.00966 e. The summed E-state index contributed by atoms with van der Waals surface area (Å²) in [7, 11) is 0. The van der Waals surface area contributed by atoms with Crippen molar-refractivity contribution in [2.45, 2.75) is 44.2 Å². The summed E-state index contributed by atoms with van der Waals surface area (Å²) in [6.07, 6.45) is 6.76. The Morgan fingerprint density at radius 3 is 2.45 bits per heavy atom. The van der Waals surface area contributed by atoms with Crippen LogP contribution in [-0.2, 0) is 0 Å². The smallest absolute Gasteiger partial charge is 0.00966 e. The molecule has 0 atom stereocenters. The van der Waals surface area contributed by atoms with Crippen LogP contribution in [0.5, 0.6) is 0 Å². The van der Waals surface area contributed by atoms with Crippen LogP contribution in [0.4, 0.5) is 0 Å². The Morgan fingerprint density at radius 1 is 1.27 bits per heavy atom. The lowest BCUT2D eigenvalue weighted by Gasteiger charge is -2.36. The minimum atomic E-state index is 0.494. The van der Waals surface area contributed by atoms with Crippen molar-refractivity contribution in [3.8, 4) is 0 Å². The zero-order chi connectivity index (χ0) is 7.68. The summed E-state index contributed by atoms with van der Waals surface area (Å²) in [4.78, 5) is 0. The topological polar surface area (TPSA) is 38.0 Å². The SMILES string of the molecule is NC1CC(NCC2CCC2)C1. The average molecular weight is 154 g/mol. The first kappa shape index (κ1) is 7.56. The molecule has 2 heteroatoms. The third-order valence-electron chi connectivity index (χ3n) is 3.09. The highest BCUT2D eigenvalue weighted by Crippen LogP contribution is 2.26. The molecule has 11 heavy (non-hydrogen) atoms. The molecule has 0 bridgehead atoms. The lowest BCUT2D eigenvalue weighted by Crippen LogP contribution is -2.49. The zero-order valence-corrected chi connectivity index (χ0v) is 7.05. The molecule has 0 heterocycles. The molecule has 0 aromatic carbocycles. The molecule has 0 aromatic heterocycles. The first-order valence-corrected chi connectivity index (χ1v) is 4.83. The Balaban J connectivity index is 1.53. The fraction of sp³-hybridized carbons (Fsp3) is 1.00. The standard InChI is InChI=1S/C9H18N2/c10-8-4-9(5-8)11-6-7-2-1-3-7/h7-9,11H,1-6,10H2. The van der Waals surface area contributed by atoms with E-state index >= 15 is 0 Å². The van der Waals surface area contributed by atoms with Crippen molar-refractivity contribution < 1.29 is 0 Å². The van der Waals surface area contributed by atoms with Crippen LogP contribution >= 0.6 is 0 Å². The molecule has 2 nitrogen and oxygen atoms in total. The Hall–Kier alpha value is -0.0800. The summed E-state index contributed by atoms with van der Waals surface area (Å²) in [5.74, 6) is 0.992. The molecular weight excluding hydrogens is 136 g/mol. The van der Waals surface area contributed by atoms with Gasteiger partial charge in [-0.3, -0.25) is 0 Å². The Labute approximate surface area is 68.5 Å². The molecule has 2 aliphatic carbocycles. The van der Waals surface area contributed by atoms with Gasteiger partial charge in [0, 0.05) is 12.1 Å². The van der Waals surface area contributed by atoms with Crippen molar-refractivity contribution in [1.29, 1.82) is 0 Å². The van der Waals surface area contributed by atoms with E-state index < -0.39 is 0 Å². The lowest BCUT2D eigenvalue weighted by molar-refractivity contribution is 0.238. The summed E-state index contributed by atoms with van der Waals surface area (Å²) in [6, 6.07) is 1.25. The van der Waals surface area contributed by atoms with Gasteiger partial charge in [-0.15, -0.1) is 0 Å². The molecule has 0 saturated heterocycles. The fourth-order valence-corrected chi connectivity index (χ4v) is 1.86. The van der Waals surface area contributed by atoms with E-state index in [4.69, 9.17) is 5.73 Å². The van der Waals surface area contributed by atoms with Crippen LogP contribution in [0, 0.1) is 5.92 Å². The predicted octanol–water partition coefficient (Wildman–Crippen LogP) is 0.866. The van der Waals surface area contributed by atoms with Gasteiger partial charge in [-0.25, -0.2) is 0 Å². The van der Waals surface area contributed by atoms with Crippen LogP contribution in [0.1, 0.15) is 32.1 Å². The van der Waals surface area contributed by atoms with Crippen LogP contribution in [-0.4, -0.2) is 18.6 Å². The minimum absolute atomic E-state index is 0.494. The molecule has 0 spiro atoms. The van der Waals surface area contributed by atoms with Crippen LogP contribution in [0.3, 0.4) is 0 Å². The molecule has 3 N–H and O–H groups in total. The molecule has 2 rings (SSSR count). The molecule has 2 fully saturated rings. The third kappa shape index (κ3) is 1.74. The molecule has 0 radical (unpaired) electrons. The van der Waals surface area contributed by atoms with Gasteiger partial charge in [0.1, 0.15) is 0 Å².